The summed E-state index contributed by atoms with van der Waals surface area (Å²) in [7, 11) is 0. The maximum Gasteiger partial charge on any atom is 0.337 e. The van der Waals surface area contributed by atoms with Crippen LogP contribution in [0.3, 0.4) is 0 Å². The molecular weight excluding hydrogens is 240 g/mol. The maximum absolute atomic E-state index is 11.1. The van der Waals surface area contributed by atoms with E-state index in [1.165, 1.54) is 6.07 Å². The highest BCUT2D eigenvalue weighted by Gasteiger charge is 2.10. The molecule has 0 saturated carbocycles. The molecule has 17 heavy (non-hydrogen) atoms. The lowest BCUT2D eigenvalue weighted by molar-refractivity contribution is 0.0698. The number of hydrogen-bond acceptors (Lipinski definition) is 3. The molecule has 0 saturated heterocycles. The van der Waals surface area contributed by atoms with E-state index in [4.69, 9.17) is 16.7 Å². The number of nitrogens with zero attached hydrogens (tertiary/aromatic N) is 1. The number of nitrogens with one attached hydrogen (secondary N) is 1. The van der Waals surface area contributed by atoms with Crippen LogP contribution in [0.5, 0.6) is 0 Å². The first kappa shape index (κ1) is 11.4. The van der Waals surface area contributed by atoms with Crippen LogP contribution in [0.1, 0.15) is 10.4 Å². The zero-order chi connectivity index (χ0) is 12.3. The minimum atomic E-state index is -1.02. The fourth-order valence-corrected chi connectivity index (χ4v) is 1.57. The summed E-state index contributed by atoms with van der Waals surface area (Å²) in [4.78, 5) is 14.9. The molecule has 86 valence electrons. The zero-order valence-electron chi connectivity index (χ0n) is 8.72. The van der Waals surface area contributed by atoms with Gasteiger partial charge < -0.3 is 10.4 Å². The van der Waals surface area contributed by atoms with Crippen molar-refractivity contribution in [3.63, 3.8) is 0 Å². The van der Waals surface area contributed by atoms with Crippen LogP contribution in [0, 0.1) is 0 Å². The molecule has 0 spiro atoms. The number of aromatic carboxylic acids is 1. The Bertz CT molecular complexity index is 543. The minimum absolute atomic E-state index is 0.134. The van der Waals surface area contributed by atoms with E-state index in [1.54, 1.807) is 36.7 Å². The molecule has 0 aliphatic carbocycles. The third-order valence-electron chi connectivity index (χ3n) is 2.17. The Hall–Kier alpha value is -2.07. The fraction of sp³-hybridized carbons (Fsp3) is 0. The Balaban J connectivity index is 2.36. The third-order valence-corrected chi connectivity index (χ3v) is 2.41. The van der Waals surface area contributed by atoms with Gasteiger partial charge in [0.1, 0.15) is 0 Å². The molecule has 5 heteroatoms. The summed E-state index contributed by atoms with van der Waals surface area (Å²) < 4.78 is 0. The lowest BCUT2D eigenvalue weighted by atomic mass is 10.1. The van der Waals surface area contributed by atoms with E-state index in [-0.39, 0.29) is 5.56 Å². The Morgan fingerprint density at radius 3 is 2.59 bits per heavy atom. The number of carboxylic acid groups (broad SMARTS) is 1. The standard InChI is InChI=1S/C12H9ClN2O2/c13-8-1-2-11(10(7-8)12(16)17)15-9-3-5-14-6-4-9/h1-7H,(H,14,15)(H,16,17). The van der Waals surface area contributed by atoms with Crippen LogP contribution in [-0.4, -0.2) is 16.1 Å². The second-order valence-electron chi connectivity index (χ2n) is 3.36. The average molecular weight is 249 g/mol. The van der Waals surface area contributed by atoms with Crippen molar-refractivity contribution in [1.29, 1.82) is 0 Å². The number of benzene rings is 1. The van der Waals surface area contributed by atoms with Crippen molar-refractivity contribution in [2.45, 2.75) is 0 Å². The molecule has 1 aromatic carbocycles. The van der Waals surface area contributed by atoms with Gasteiger partial charge in [0, 0.05) is 23.1 Å². The lowest BCUT2D eigenvalue weighted by Gasteiger charge is -2.09. The molecule has 0 atom stereocenters. The normalized spacial score (nSPS) is 9.94. The topological polar surface area (TPSA) is 62.2 Å². The molecule has 0 radical (unpaired) electrons. The minimum Gasteiger partial charge on any atom is -0.478 e. The fourth-order valence-electron chi connectivity index (χ4n) is 1.39. The highest BCUT2D eigenvalue weighted by Crippen LogP contribution is 2.23. The highest BCUT2D eigenvalue weighted by atomic mass is 35.5. The molecule has 1 aromatic heterocycles. The largest absolute Gasteiger partial charge is 0.478 e. The molecule has 0 amide bonds. The van der Waals surface area contributed by atoms with E-state index in [1.807, 2.05) is 0 Å². The summed E-state index contributed by atoms with van der Waals surface area (Å²) in [5.41, 5.74) is 1.40. The van der Waals surface area contributed by atoms with E-state index < -0.39 is 5.97 Å². The molecule has 0 aliphatic heterocycles. The molecule has 2 aromatic rings. The van der Waals surface area contributed by atoms with Crippen molar-refractivity contribution in [2.75, 3.05) is 5.32 Å². The highest BCUT2D eigenvalue weighted by molar-refractivity contribution is 6.31. The van der Waals surface area contributed by atoms with E-state index in [2.05, 4.69) is 10.3 Å². The Kier molecular flexibility index (Phi) is 3.25. The summed E-state index contributed by atoms with van der Waals surface area (Å²) >= 11 is 5.76. The van der Waals surface area contributed by atoms with Gasteiger partial charge in [0.15, 0.2) is 0 Å². The first-order chi connectivity index (χ1) is 8.16. The molecule has 2 rings (SSSR count). The first-order valence-corrected chi connectivity index (χ1v) is 5.24. The SMILES string of the molecule is O=C(O)c1cc(Cl)ccc1Nc1ccncc1. The summed E-state index contributed by atoms with van der Waals surface area (Å²) in [6, 6.07) is 8.18. The molecule has 1 heterocycles. The number of pyridine rings is 1. The smallest absolute Gasteiger partial charge is 0.337 e. The van der Waals surface area contributed by atoms with Gasteiger partial charge in [0.05, 0.1) is 11.3 Å². The van der Waals surface area contributed by atoms with Crippen LogP contribution in [0.15, 0.2) is 42.7 Å². The van der Waals surface area contributed by atoms with Crippen LogP contribution >= 0.6 is 11.6 Å². The second-order valence-corrected chi connectivity index (χ2v) is 3.79. The van der Waals surface area contributed by atoms with Crippen LogP contribution in [-0.2, 0) is 0 Å². The van der Waals surface area contributed by atoms with Gasteiger partial charge in [-0.1, -0.05) is 11.6 Å². The molecule has 0 aliphatic rings. The number of hydrogen-bond donors (Lipinski definition) is 2. The van der Waals surface area contributed by atoms with Crippen molar-refractivity contribution in [2.24, 2.45) is 0 Å². The number of halogens is 1. The number of rotatable bonds is 3. The average Bonchev–Trinajstić information content (AvgIpc) is 2.32. The molecule has 0 bridgehead atoms. The Labute approximate surface area is 103 Å². The molecule has 0 fully saturated rings. The maximum atomic E-state index is 11.1. The van der Waals surface area contributed by atoms with Gasteiger partial charge in [-0.2, -0.15) is 0 Å². The van der Waals surface area contributed by atoms with Crippen molar-refractivity contribution in [1.82, 2.24) is 4.98 Å². The number of carboxylic acids is 1. The summed E-state index contributed by atoms with van der Waals surface area (Å²) in [5, 5.41) is 12.5. The summed E-state index contributed by atoms with van der Waals surface area (Å²) in [6.07, 6.45) is 3.25. The lowest BCUT2D eigenvalue weighted by Crippen LogP contribution is -2.02. The molecule has 2 N–H and O–H groups in total. The van der Waals surface area contributed by atoms with Gasteiger partial charge in [-0.25, -0.2) is 4.79 Å². The van der Waals surface area contributed by atoms with E-state index in [0.29, 0.717) is 10.7 Å². The van der Waals surface area contributed by atoms with E-state index in [9.17, 15) is 4.79 Å². The molecule has 4 nitrogen and oxygen atoms in total. The Morgan fingerprint density at radius 2 is 1.94 bits per heavy atom. The van der Waals surface area contributed by atoms with Crippen LogP contribution in [0.25, 0.3) is 0 Å². The van der Waals surface area contributed by atoms with E-state index in [0.717, 1.165) is 5.69 Å². The van der Waals surface area contributed by atoms with Gasteiger partial charge >= 0.3 is 5.97 Å². The number of carbonyl (C=O) groups is 1. The first-order valence-electron chi connectivity index (χ1n) is 4.87. The van der Waals surface area contributed by atoms with Gasteiger partial charge in [-0.05, 0) is 30.3 Å². The van der Waals surface area contributed by atoms with Gasteiger partial charge in [0.25, 0.3) is 0 Å². The van der Waals surface area contributed by atoms with Crippen LogP contribution in [0.2, 0.25) is 5.02 Å². The second kappa shape index (κ2) is 4.84. The number of aromatic nitrogens is 1. The van der Waals surface area contributed by atoms with Gasteiger partial charge in [0.2, 0.25) is 0 Å². The molecular formula is C12H9ClN2O2. The van der Waals surface area contributed by atoms with Crippen LogP contribution < -0.4 is 5.32 Å². The van der Waals surface area contributed by atoms with Crippen molar-refractivity contribution in [3.8, 4) is 0 Å². The number of anilines is 2. The predicted octanol–water partition coefficient (Wildman–Crippen LogP) is 3.18. The zero-order valence-corrected chi connectivity index (χ0v) is 9.48. The Morgan fingerprint density at radius 1 is 1.24 bits per heavy atom. The predicted molar refractivity (Wildman–Crippen MR) is 65.9 cm³/mol. The van der Waals surface area contributed by atoms with Crippen LogP contribution in [0.4, 0.5) is 11.4 Å². The quantitative estimate of drug-likeness (QED) is 0.876. The third kappa shape index (κ3) is 2.73. The van der Waals surface area contributed by atoms with Crippen molar-refractivity contribution < 1.29 is 9.90 Å². The summed E-state index contributed by atoms with van der Waals surface area (Å²) in [5.74, 6) is -1.02. The molecule has 0 unspecified atom stereocenters. The van der Waals surface area contributed by atoms with Gasteiger partial charge in [-0.3, -0.25) is 4.98 Å². The van der Waals surface area contributed by atoms with Gasteiger partial charge in [-0.15, -0.1) is 0 Å². The van der Waals surface area contributed by atoms with Crippen molar-refractivity contribution >= 4 is 28.9 Å². The monoisotopic (exact) mass is 248 g/mol. The summed E-state index contributed by atoms with van der Waals surface area (Å²) in [6.45, 7) is 0. The van der Waals surface area contributed by atoms with E-state index >= 15 is 0 Å². The van der Waals surface area contributed by atoms with Crippen molar-refractivity contribution in [3.05, 3.63) is 53.3 Å².